The molecule has 1 aromatic rings. The zero-order valence-corrected chi connectivity index (χ0v) is 9.13. The van der Waals surface area contributed by atoms with Crippen molar-refractivity contribution in [1.82, 2.24) is 0 Å². The zero-order valence-electron chi connectivity index (χ0n) is 9.13. The van der Waals surface area contributed by atoms with E-state index in [2.05, 4.69) is 0 Å². The molecule has 0 radical (unpaired) electrons. The average molecular weight is 267 g/mol. The van der Waals surface area contributed by atoms with E-state index in [1.807, 2.05) is 0 Å². The summed E-state index contributed by atoms with van der Waals surface area (Å²) < 4.78 is 77.9. The van der Waals surface area contributed by atoms with E-state index in [4.69, 9.17) is 5.26 Å². The van der Waals surface area contributed by atoms with Gasteiger partial charge in [-0.05, 0) is 6.42 Å². The summed E-state index contributed by atoms with van der Waals surface area (Å²) in [6.45, 7) is 1.18. The fourth-order valence-corrected chi connectivity index (χ4v) is 1.62. The van der Waals surface area contributed by atoms with Crippen LogP contribution in [0.25, 0.3) is 0 Å². The summed E-state index contributed by atoms with van der Waals surface area (Å²) in [6, 6.07) is 1.37. The summed E-state index contributed by atoms with van der Waals surface area (Å²) in [7, 11) is 0. The summed E-state index contributed by atoms with van der Waals surface area (Å²) in [5.74, 6) is -5.63. The van der Waals surface area contributed by atoms with Crippen molar-refractivity contribution >= 4 is 0 Å². The minimum absolute atomic E-state index is 0.462. The smallest absolute Gasteiger partial charge is 0.206 e. The molecule has 0 aromatic heterocycles. The molecule has 0 aliphatic carbocycles. The van der Waals surface area contributed by atoms with E-state index in [0.717, 1.165) is 0 Å². The van der Waals surface area contributed by atoms with Gasteiger partial charge in [0, 0.05) is 11.1 Å². The lowest BCUT2D eigenvalue weighted by Gasteiger charge is -2.16. The molecule has 0 spiro atoms. The topological polar surface area (TPSA) is 23.8 Å². The van der Waals surface area contributed by atoms with Crippen LogP contribution < -0.4 is 0 Å². The maximum absolute atomic E-state index is 13.6. The summed E-state index contributed by atoms with van der Waals surface area (Å²) in [6.07, 6.45) is -6.49. The molecule has 1 rings (SSSR count). The molecular weight excluding hydrogens is 260 g/mol. The largest absolute Gasteiger partial charge is 0.419 e. The maximum Gasteiger partial charge on any atom is 0.419 e. The maximum atomic E-state index is 13.6. The van der Waals surface area contributed by atoms with Crippen molar-refractivity contribution in [3.63, 3.8) is 0 Å². The predicted octanol–water partition coefficient (Wildman–Crippen LogP) is 3.75. The number of rotatable bonds is 2. The standard InChI is InChI=1S/C11H7F6N/c1-2-5-7(11(15,16)17)10(14)9(13)6(3-4-18)8(5)12/h2-3H2,1H3. The van der Waals surface area contributed by atoms with Crippen LogP contribution in [0.4, 0.5) is 26.3 Å². The van der Waals surface area contributed by atoms with Gasteiger partial charge in [-0.15, -0.1) is 0 Å². The minimum atomic E-state index is -5.19. The number of halogens is 6. The first kappa shape index (κ1) is 14.4. The first-order valence-electron chi connectivity index (χ1n) is 4.88. The van der Waals surface area contributed by atoms with Crippen molar-refractivity contribution in [1.29, 1.82) is 5.26 Å². The fourth-order valence-electron chi connectivity index (χ4n) is 1.62. The number of nitriles is 1. The molecule has 0 aliphatic heterocycles. The van der Waals surface area contributed by atoms with Crippen LogP contribution in [0.2, 0.25) is 0 Å². The Kier molecular flexibility index (Phi) is 3.89. The molecule has 0 N–H and O–H groups in total. The van der Waals surface area contributed by atoms with Gasteiger partial charge in [-0.1, -0.05) is 6.92 Å². The van der Waals surface area contributed by atoms with Gasteiger partial charge < -0.3 is 0 Å². The average Bonchev–Trinajstić information content (AvgIpc) is 2.27. The number of alkyl halides is 3. The highest BCUT2D eigenvalue weighted by molar-refractivity contribution is 5.39. The predicted molar refractivity (Wildman–Crippen MR) is 50.0 cm³/mol. The van der Waals surface area contributed by atoms with E-state index in [1.54, 1.807) is 0 Å². The van der Waals surface area contributed by atoms with Gasteiger partial charge in [0.25, 0.3) is 0 Å². The van der Waals surface area contributed by atoms with Gasteiger partial charge in [0.1, 0.15) is 11.4 Å². The third-order valence-electron chi connectivity index (χ3n) is 2.40. The SMILES string of the molecule is CCc1c(F)c(CC#N)c(F)c(F)c1C(F)(F)F. The summed E-state index contributed by atoms with van der Waals surface area (Å²) in [4.78, 5) is 0. The van der Waals surface area contributed by atoms with Crippen molar-refractivity contribution in [2.24, 2.45) is 0 Å². The zero-order chi connectivity index (χ0) is 14.1. The molecule has 0 aliphatic rings. The number of hydrogen-bond acceptors (Lipinski definition) is 1. The molecule has 0 unspecified atom stereocenters. The Balaban J connectivity index is 3.72. The van der Waals surface area contributed by atoms with Crippen LogP contribution in [0.5, 0.6) is 0 Å². The Labute approximate surface area is 98.6 Å². The molecule has 7 heteroatoms. The lowest BCUT2D eigenvalue weighted by Crippen LogP contribution is -2.17. The molecule has 1 aromatic carbocycles. The lowest BCUT2D eigenvalue weighted by molar-refractivity contribution is -0.141. The third kappa shape index (κ3) is 2.28. The molecule has 0 bridgehead atoms. The quantitative estimate of drug-likeness (QED) is 0.591. The van der Waals surface area contributed by atoms with E-state index < -0.39 is 53.2 Å². The Hall–Kier alpha value is -1.71. The molecule has 0 saturated carbocycles. The highest BCUT2D eigenvalue weighted by atomic mass is 19.4. The first-order valence-corrected chi connectivity index (χ1v) is 4.88. The monoisotopic (exact) mass is 267 g/mol. The van der Waals surface area contributed by atoms with Crippen LogP contribution in [-0.4, -0.2) is 0 Å². The van der Waals surface area contributed by atoms with Crippen molar-refractivity contribution in [3.8, 4) is 6.07 Å². The van der Waals surface area contributed by atoms with Crippen LogP contribution >= 0.6 is 0 Å². The van der Waals surface area contributed by atoms with Crippen LogP contribution in [-0.2, 0) is 19.0 Å². The lowest BCUT2D eigenvalue weighted by atomic mass is 9.97. The molecular formula is C11H7F6N. The fraction of sp³-hybridized carbons (Fsp3) is 0.364. The molecule has 0 atom stereocenters. The third-order valence-corrected chi connectivity index (χ3v) is 2.40. The van der Waals surface area contributed by atoms with Crippen LogP contribution in [0.15, 0.2) is 0 Å². The number of hydrogen-bond donors (Lipinski definition) is 0. The van der Waals surface area contributed by atoms with E-state index in [-0.39, 0.29) is 0 Å². The Morgan fingerprint density at radius 2 is 1.56 bits per heavy atom. The summed E-state index contributed by atoms with van der Waals surface area (Å²) >= 11 is 0. The highest BCUT2D eigenvalue weighted by Gasteiger charge is 2.40. The number of nitrogens with zero attached hydrogens (tertiary/aromatic N) is 1. The first-order chi connectivity index (χ1) is 8.25. The molecule has 0 heterocycles. The Morgan fingerprint density at radius 3 is 1.94 bits per heavy atom. The summed E-state index contributed by atoms with van der Waals surface area (Å²) in [5.41, 5.74) is -3.88. The Bertz CT molecular complexity index is 512. The van der Waals surface area contributed by atoms with E-state index in [9.17, 15) is 26.3 Å². The van der Waals surface area contributed by atoms with E-state index in [0.29, 0.717) is 0 Å². The van der Waals surface area contributed by atoms with Gasteiger partial charge in [-0.2, -0.15) is 18.4 Å². The second kappa shape index (κ2) is 4.88. The van der Waals surface area contributed by atoms with Gasteiger partial charge >= 0.3 is 6.18 Å². The molecule has 18 heavy (non-hydrogen) atoms. The molecule has 0 fully saturated rings. The normalized spacial score (nSPS) is 11.4. The number of benzene rings is 1. The summed E-state index contributed by atoms with van der Waals surface area (Å²) in [5, 5.41) is 8.32. The molecule has 1 nitrogen and oxygen atoms in total. The molecule has 0 amide bonds. The van der Waals surface area contributed by atoms with Crippen LogP contribution in [0, 0.1) is 28.8 Å². The Morgan fingerprint density at radius 1 is 1.00 bits per heavy atom. The van der Waals surface area contributed by atoms with Crippen molar-refractivity contribution in [2.75, 3.05) is 0 Å². The van der Waals surface area contributed by atoms with Gasteiger partial charge in [0.15, 0.2) is 11.6 Å². The van der Waals surface area contributed by atoms with Crippen LogP contribution in [0.3, 0.4) is 0 Å². The van der Waals surface area contributed by atoms with Gasteiger partial charge in [0.2, 0.25) is 0 Å². The molecule has 0 saturated heterocycles. The van der Waals surface area contributed by atoms with Crippen molar-refractivity contribution in [2.45, 2.75) is 25.9 Å². The van der Waals surface area contributed by atoms with Crippen LogP contribution in [0.1, 0.15) is 23.6 Å². The van der Waals surface area contributed by atoms with Gasteiger partial charge in [0.05, 0.1) is 12.5 Å². The van der Waals surface area contributed by atoms with Crippen molar-refractivity contribution in [3.05, 3.63) is 34.1 Å². The highest BCUT2D eigenvalue weighted by Crippen LogP contribution is 2.38. The van der Waals surface area contributed by atoms with Gasteiger partial charge in [-0.3, -0.25) is 0 Å². The molecule has 98 valence electrons. The van der Waals surface area contributed by atoms with Gasteiger partial charge in [-0.25, -0.2) is 13.2 Å². The second-order valence-electron chi connectivity index (χ2n) is 3.46. The second-order valence-corrected chi connectivity index (χ2v) is 3.46. The van der Waals surface area contributed by atoms with Crippen molar-refractivity contribution < 1.29 is 26.3 Å². The van der Waals surface area contributed by atoms with E-state index in [1.165, 1.54) is 13.0 Å². The van der Waals surface area contributed by atoms with E-state index >= 15 is 0 Å². The minimum Gasteiger partial charge on any atom is -0.206 e.